The predicted molar refractivity (Wildman–Crippen MR) is 94.5 cm³/mol. The van der Waals surface area contributed by atoms with Crippen LogP contribution in [0.15, 0.2) is 0 Å². The highest BCUT2D eigenvalue weighted by molar-refractivity contribution is 5.76. The van der Waals surface area contributed by atoms with Gasteiger partial charge in [0.15, 0.2) is 0 Å². The van der Waals surface area contributed by atoms with Crippen molar-refractivity contribution < 1.29 is 9.59 Å². The van der Waals surface area contributed by atoms with Crippen LogP contribution in [0.25, 0.3) is 0 Å². The molecule has 2 amide bonds. The molecule has 4 atom stereocenters. The van der Waals surface area contributed by atoms with Gasteiger partial charge in [0.1, 0.15) is 0 Å². The molecule has 24 heavy (non-hydrogen) atoms. The van der Waals surface area contributed by atoms with Crippen LogP contribution < -0.4 is 5.32 Å². The van der Waals surface area contributed by atoms with Crippen molar-refractivity contribution >= 4 is 11.8 Å². The monoisotopic (exact) mass is 335 g/mol. The molecule has 0 aromatic heterocycles. The van der Waals surface area contributed by atoms with E-state index >= 15 is 0 Å². The maximum absolute atomic E-state index is 12.3. The molecule has 0 unspecified atom stereocenters. The third-order valence-corrected chi connectivity index (χ3v) is 6.35. The van der Waals surface area contributed by atoms with Crippen LogP contribution in [0.1, 0.15) is 58.8 Å². The molecule has 0 saturated carbocycles. The molecule has 136 valence electrons. The number of likely N-dealkylation sites (tertiary alicyclic amines) is 1. The summed E-state index contributed by atoms with van der Waals surface area (Å²) in [5.74, 6) is 1.63. The van der Waals surface area contributed by atoms with Crippen molar-refractivity contribution in [2.75, 3.05) is 26.2 Å². The van der Waals surface area contributed by atoms with Crippen LogP contribution in [0, 0.1) is 11.8 Å². The summed E-state index contributed by atoms with van der Waals surface area (Å²) in [4.78, 5) is 28.9. The molecule has 0 bridgehead atoms. The molecule has 3 heterocycles. The fourth-order valence-electron chi connectivity index (χ4n) is 5.48. The van der Waals surface area contributed by atoms with Gasteiger partial charge in [-0.3, -0.25) is 14.5 Å². The zero-order chi connectivity index (χ0) is 17.1. The van der Waals surface area contributed by atoms with Crippen molar-refractivity contribution in [1.82, 2.24) is 15.1 Å². The van der Waals surface area contributed by atoms with E-state index in [1.165, 1.54) is 38.8 Å². The Morgan fingerprint density at radius 2 is 1.92 bits per heavy atom. The third kappa shape index (κ3) is 3.61. The first-order valence-electron chi connectivity index (χ1n) is 9.89. The van der Waals surface area contributed by atoms with E-state index < -0.39 is 0 Å². The van der Waals surface area contributed by atoms with Crippen LogP contribution >= 0.6 is 0 Å². The fraction of sp³-hybridized carbons (Fsp3) is 0.895. The Morgan fingerprint density at radius 1 is 1.17 bits per heavy atom. The minimum atomic E-state index is 0.142. The van der Waals surface area contributed by atoms with Gasteiger partial charge in [0.2, 0.25) is 11.8 Å². The van der Waals surface area contributed by atoms with E-state index in [0.717, 1.165) is 19.4 Å². The molecule has 0 radical (unpaired) electrons. The van der Waals surface area contributed by atoms with Gasteiger partial charge in [-0.25, -0.2) is 0 Å². The number of nitrogens with zero attached hydrogens (tertiary/aromatic N) is 2. The van der Waals surface area contributed by atoms with Crippen LogP contribution in [0.3, 0.4) is 0 Å². The molecule has 3 aliphatic rings. The number of nitrogens with one attached hydrogen (secondary N) is 1. The summed E-state index contributed by atoms with van der Waals surface area (Å²) in [5.41, 5.74) is 0. The number of carbonyl (C=O) groups excluding carboxylic acids is 2. The lowest BCUT2D eigenvalue weighted by Crippen LogP contribution is -2.65. The average molecular weight is 335 g/mol. The first-order chi connectivity index (χ1) is 11.6. The van der Waals surface area contributed by atoms with Gasteiger partial charge in [0.05, 0.1) is 0 Å². The van der Waals surface area contributed by atoms with Crippen LogP contribution in [0.4, 0.5) is 0 Å². The topological polar surface area (TPSA) is 52.7 Å². The first-order valence-corrected chi connectivity index (χ1v) is 9.89. The fourth-order valence-corrected chi connectivity index (χ4v) is 5.48. The second-order valence-electron chi connectivity index (χ2n) is 7.82. The molecule has 5 nitrogen and oxygen atoms in total. The van der Waals surface area contributed by atoms with Crippen molar-refractivity contribution in [1.29, 1.82) is 0 Å². The van der Waals surface area contributed by atoms with Crippen LogP contribution in [-0.2, 0) is 9.59 Å². The molecule has 0 spiro atoms. The summed E-state index contributed by atoms with van der Waals surface area (Å²) in [5, 5.41) is 2.88. The number of hydrogen-bond donors (Lipinski definition) is 1. The lowest BCUT2D eigenvalue weighted by atomic mass is 9.69. The third-order valence-electron chi connectivity index (χ3n) is 6.35. The Balaban J connectivity index is 1.69. The first kappa shape index (κ1) is 17.7. The molecule has 3 fully saturated rings. The van der Waals surface area contributed by atoms with Gasteiger partial charge in [0, 0.05) is 38.5 Å². The maximum atomic E-state index is 12.3. The van der Waals surface area contributed by atoms with E-state index in [2.05, 4.69) is 15.1 Å². The SMILES string of the molecule is CCNC(=O)CCC[C@@H]1[C@H]2CCCN3CCC[C@@H](CN1C(C)=O)[C@@H]23. The molecule has 3 aliphatic heterocycles. The van der Waals surface area contributed by atoms with Crippen molar-refractivity contribution in [3.63, 3.8) is 0 Å². The number of hydrogen-bond acceptors (Lipinski definition) is 3. The van der Waals surface area contributed by atoms with E-state index in [9.17, 15) is 9.59 Å². The smallest absolute Gasteiger partial charge is 0.219 e. The van der Waals surface area contributed by atoms with Crippen LogP contribution in [0.2, 0.25) is 0 Å². The van der Waals surface area contributed by atoms with Crippen molar-refractivity contribution in [2.45, 2.75) is 70.9 Å². The normalized spacial score (nSPS) is 33.0. The molecular weight excluding hydrogens is 302 g/mol. The molecule has 1 N–H and O–H groups in total. The summed E-state index contributed by atoms with van der Waals surface area (Å²) in [6.07, 6.45) is 7.49. The van der Waals surface area contributed by atoms with E-state index in [-0.39, 0.29) is 11.8 Å². The Labute approximate surface area is 146 Å². The maximum Gasteiger partial charge on any atom is 0.219 e. The number of piperidine rings is 3. The van der Waals surface area contributed by atoms with E-state index in [1.807, 2.05) is 6.92 Å². The van der Waals surface area contributed by atoms with E-state index in [0.29, 0.717) is 36.9 Å². The van der Waals surface area contributed by atoms with Crippen LogP contribution in [-0.4, -0.2) is 59.9 Å². The van der Waals surface area contributed by atoms with Gasteiger partial charge >= 0.3 is 0 Å². The second kappa shape index (κ2) is 7.85. The minimum Gasteiger partial charge on any atom is -0.356 e. The molecule has 0 aliphatic carbocycles. The minimum absolute atomic E-state index is 0.142. The Morgan fingerprint density at radius 3 is 2.62 bits per heavy atom. The van der Waals surface area contributed by atoms with Gasteiger partial charge in [0.25, 0.3) is 0 Å². The van der Waals surface area contributed by atoms with Gasteiger partial charge in [-0.1, -0.05) is 0 Å². The molecule has 3 rings (SSSR count). The van der Waals surface area contributed by atoms with Crippen molar-refractivity contribution in [3.05, 3.63) is 0 Å². The zero-order valence-electron chi connectivity index (χ0n) is 15.3. The Hall–Kier alpha value is -1.10. The van der Waals surface area contributed by atoms with Crippen molar-refractivity contribution in [3.8, 4) is 0 Å². The van der Waals surface area contributed by atoms with Gasteiger partial charge in [-0.2, -0.15) is 0 Å². The van der Waals surface area contributed by atoms with E-state index in [4.69, 9.17) is 0 Å². The summed E-state index contributed by atoms with van der Waals surface area (Å²) in [6.45, 7) is 7.78. The van der Waals surface area contributed by atoms with Gasteiger partial charge in [-0.15, -0.1) is 0 Å². The highest BCUT2D eigenvalue weighted by atomic mass is 16.2. The number of amides is 2. The number of rotatable bonds is 5. The van der Waals surface area contributed by atoms with E-state index in [1.54, 1.807) is 6.92 Å². The summed E-state index contributed by atoms with van der Waals surface area (Å²) in [6, 6.07) is 1.01. The standard InChI is InChI=1S/C19H33N3O2/c1-3-20-18(24)10-4-9-17-16-8-6-12-21-11-5-7-15(19(16)21)13-22(17)14(2)23/h15-17,19H,3-13H2,1-2H3,(H,20,24)/t15-,16+,17+,19-/m0/s1. The molecule has 5 heteroatoms. The van der Waals surface area contributed by atoms with Crippen molar-refractivity contribution in [2.24, 2.45) is 11.8 Å². The van der Waals surface area contributed by atoms with Gasteiger partial charge < -0.3 is 10.2 Å². The Kier molecular flexibility index (Phi) is 5.80. The van der Waals surface area contributed by atoms with Crippen LogP contribution in [0.5, 0.6) is 0 Å². The molecular formula is C19H33N3O2. The predicted octanol–water partition coefficient (Wildman–Crippen LogP) is 2.01. The zero-order valence-corrected chi connectivity index (χ0v) is 15.3. The summed E-state index contributed by atoms with van der Waals surface area (Å²) >= 11 is 0. The summed E-state index contributed by atoms with van der Waals surface area (Å²) < 4.78 is 0. The highest BCUT2D eigenvalue weighted by Crippen LogP contribution is 2.43. The molecule has 0 aromatic rings. The Bertz CT molecular complexity index is 466. The summed E-state index contributed by atoms with van der Waals surface area (Å²) in [7, 11) is 0. The quantitative estimate of drug-likeness (QED) is 0.836. The lowest BCUT2D eigenvalue weighted by Gasteiger charge is -2.57. The second-order valence-corrected chi connectivity index (χ2v) is 7.82. The average Bonchev–Trinajstić information content (AvgIpc) is 2.57. The number of carbonyl (C=O) groups is 2. The van der Waals surface area contributed by atoms with Gasteiger partial charge in [-0.05, 0) is 70.4 Å². The largest absolute Gasteiger partial charge is 0.356 e. The molecule has 0 aromatic carbocycles. The highest BCUT2D eigenvalue weighted by Gasteiger charge is 2.48. The molecule has 3 saturated heterocycles. The lowest BCUT2D eigenvalue weighted by molar-refractivity contribution is -0.144.